The van der Waals surface area contributed by atoms with Crippen LogP contribution in [0.5, 0.6) is 0 Å². The van der Waals surface area contributed by atoms with Gasteiger partial charge < -0.3 is 14.8 Å². The average molecular weight is 337 g/mol. The van der Waals surface area contributed by atoms with Crippen molar-refractivity contribution in [2.75, 3.05) is 6.54 Å². The van der Waals surface area contributed by atoms with Gasteiger partial charge in [-0.05, 0) is 31.2 Å². The summed E-state index contributed by atoms with van der Waals surface area (Å²) >= 11 is 0. The summed E-state index contributed by atoms with van der Waals surface area (Å²) in [6.07, 6.45) is 3.55. The summed E-state index contributed by atoms with van der Waals surface area (Å²) in [6, 6.07) is 7.47. The molecular weight excluding hydrogens is 322 g/mol. The molecule has 0 aliphatic heterocycles. The first-order valence-corrected chi connectivity index (χ1v) is 7.75. The lowest BCUT2D eigenvalue weighted by atomic mass is 10.1. The molecule has 0 fully saturated rings. The maximum atomic E-state index is 12.2. The number of fused-ring (bicyclic) bond motifs is 1. The Morgan fingerprint density at radius 1 is 1.36 bits per heavy atom. The second-order valence-electron chi connectivity index (χ2n) is 5.55. The Kier molecular flexibility index (Phi) is 3.73. The van der Waals surface area contributed by atoms with E-state index in [1.54, 1.807) is 23.9 Å². The highest BCUT2D eigenvalue weighted by Crippen LogP contribution is 2.14. The molecule has 0 saturated carbocycles. The summed E-state index contributed by atoms with van der Waals surface area (Å²) in [6.45, 7) is 2.64. The number of carbonyl (C=O) groups is 1. The number of aromatic nitrogens is 6. The molecule has 1 aromatic carbocycles. The van der Waals surface area contributed by atoms with Crippen LogP contribution >= 0.6 is 0 Å². The van der Waals surface area contributed by atoms with Crippen LogP contribution in [0.15, 0.2) is 41.2 Å². The molecule has 0 unspecified atom stereocenters. The summed E-state index contributed by atoms with van der Waals surface area (Å²) in [5.41, 5.74) is 2.13. The Labute approximate surface area is 142 Å². The highest BCUT2D eigenvalue weighted by Gasteiger charge is 2.11. The van der Waals surface area contributed by atoms with Gasteiger partial charge in [0.2, 0.25) is 0 Å². The number of rotatable bonds is 5. The van der Waals surface area contributed by atoms with Crippen LogP contribution in [0, 0.1) is 6.92 Å². The Hall–Kier alpha value is -3.49. The molecule has 4 aromatic rings. The minimum absolute atomic E-state index is 0.129. The van der Waals surface area contributed by atoms with Crippen LogP contribution in [0.1, 0.15) is 16.2 Å². The number of nitrogens with zero attached hydrogens (tertiary/aromatic N) is 5. The van der Waals surface area contributed by atoms with E-state index in [2.05, 4.69) is 30.8 Å². The smallest absolute Gasteiger partial charge is 0.280 e. The number of aryl methyl sites for hydroxylation is 1. The van der Waals surface area contributed by atoms with Gasteiger partial charge in [0, 0.05) is 29.2 Å². The quantitative estimate of drug-likeness (QED) is 0.571. The molecule has 0 spiro atoms. The van der Waals surface area contributed by atoms with Crippen LogP contribution in [0.3, 0.4) is 0 Å². The van der Waals surface area contributed by atoms with E-state index in [-0.39, 0.29) is 5.91 Å². The zero-order chi connectivity index (χ0) is 17.2. The van der Waals surface area contributed by atoms with E-state index in [4.69, 9.17) is 4.52 Å². The van der Waals surface area contributed by atoms with Gasteiger partial charge in [0.15, 0.2) is 11.5 Å². The summed E-state index contributed by atoms with van der Waals surface area (Å²) in [7, 11) is 0. The van der Waals surface area contributed by atoms with Gasteiger partial charge in [-0.2, -0.15) is 4.98 Å². The molecule has 0 atom stereocenters. The maximum Gasteiger partial charge on any atom is 0.280 e. The molecule has 0 saturated heterocycles. The van der Waals surface area contributed by atoms with E-state index in [0.29, 0.717) is 36.1 Å². The van der Waals surface area contributed by atoms with Gasteiger partial charge in [0.25, 0.3) is 11.8 Å². The number of carbonyl (C=O) groups excluding carboxylic acids is 1. The van der Waals surface area contributed by atoms with E-state index in [1.165, 1.54) is 0 Å². The highest BCUT2D eigenvalue weighted by molar-refractivity contribution is 5.98. The Morgan fingerprint density at radius 3 is 3.12 bits per heavy atom. The third-order valence-electron chi connectivity index (χ3n) is 3.73. The Bertz CT molecular complexity index is 1030. The summed E-state index contributed by atoms with van der Waals surface area (Å²) in [5, 5.41) is 15.6. The van der Waals surface area contributed by atoms with Gasteiger partial charge in [0.05, 0.1) is 12.7 Å². The molecule has 9 nitrogen and oxygen atoms in total. The number of amides is 1. The van der Waals surface area contributed by atoms with Gasteiger partial charge in [-0.25, -0.2) is 4.68 Å². The van der Waals surface area contributed by atoms with Gasteiger partial charge >= 0.3 is 0 Å². The van der Waals surface area contributed by atoms with Gasteiger partial charge in [-0.15, -0.1) is 5.10 Å². The number of nitrogens with one attached hydrogen (secondary N) is 2. The highest BCUT2D eigenvalue weighted by atomic mass is 16.5. The normalized spacial score (nSPS) is 11.1. The van der Waals surface area contributed by atoms with Crippen LogP contribution in [0.2, 0.25) is 0 Å². The van der Waals surface area contributed by atoms with E-state index >= 15 is 0 Å². The minimum Gasteiger partial charge on any atom is -0.361 e. The van der Waals surface area contributed by atoms with Crippen molar-refractivity contribution in [3.8, 4) is 11.6 Å². The SMILES string of the molecule is Cc1noc(-c2cn(CCNC(=O)c3ccc4[nH]ccc4c3)nn2)n1. The van der Waals surface area contributed by atoms with Crippen molar-refractivity contribution in [3.63, 3.8) is 0 Å². The van der Waals surface area contributed by atoms with Crippen molar-refractivity contribution in [3.05, 3.63) is 48.0 Å². The number of hydrogen-bond donors (Lipinski definition) is 2. The molecule has 25 heavy (non-hydrogen) atoms. The van der Waals surface area contributed by atoms with E-state index in [9.17, 15) is 4.79 Å². The molecule has 2 N–H and O–H groups in total. The molecule has 0 aliphatic rings. The predicted molar refractivity (Wildman–Crippen MR) is 88.7 cm³/mol. The Balaban J connectivity index is 1.35. The minimum atomic E-state index is -0.129. The summed E-state index contributed by atoms with van der Waals surface area (Å²) < 4.78 is 6.66. The molecule has 4 rings (SSSR count). The molecule has 3 aromatic heterocycles. The number of H-pyrrole nitrogens is 1. The summed E-state index contributed by atoms with van der Waals surface area (Å²) in [5.74, 6) is 0.736. The Morgan fingerprint density at radius 2 is 2.28 bits per heavy atom. The van der Waals surface area contributed by atoms with Gasteiger partial charge in [-0.1, -0.05) is 10.4 Å². The maximum absolute atomic E-state index is 12.2. The number of benzene rings is 1. The number of hydrogen-bond acceptors (Lipinski definition) is 6. The monoisotopic (exact) mass is 337 g/mol. The second-order valence-corrected chi connectivity index (χ2v) is 5.55. The molecule has 0 bridgehead atoms. The lowest BCUT2D eigenvalue weighted by molar-refractivity contribution is 0.0952. The van der Waals surface area contributed by atoms with Crippen LogP contribution in [-0.4, -0.2) is 42.6 Å². The molecular formula is C16H15N7O2. The molecule has 0 radical (unpaired) electrons. The molecule has 9 heteroatoms. The predicted octanol–water partition coefficient (Wildman–Crippen LogP) is 1.55. The first-order valence-electron chi connectivity index (χ1n) is 7.75. The molecule has 0 aliphatic carbocycles. The van der Waals surface area contributed by atoms with Gasteiger partial charge in [-0.3, -0.25) is 4.79 Å². The third kappa shape index (κ3) is 3.11. The van der Waals surface area contributed by atoms with Crippen molar-refractivity contribution < 1.29 is 9.32 Å². The fourth-order valence-electron chi connectivity index (χ4n) is 2.49. The topological polar surface area (TPSA) is 115 Å². The third-order valence-corrected chi connectivity index (χ3v) is 3.73. The van der Waals surface area contributed by atoms with E-state index in [0.717, 1.165) is 10.9 Å². The largest absolute Gasteiger partial charge is 0.361 e. The first kappa shape index (κ1) is 15.1. The molecule has 126 valence electrons. The fourth-order valence-corrected chi connectivity index (χ4v) is 2.49. The van der Waals surface area contributed by atoms with Crippen molar-refractivity contribution in [2.24, 2.45) is 0 Å². The first-order chi connectivity index (χ1) is 12.2. The van der Waals surface area contributed by atoms with Crippen LogP contribution in [0.25, 0.3) is 22.5 Å². The van der Waals surface area contributed by atoms with Crippen molar-refractivity contribution >= 4 is 16.8 Å². The molecule has 1 amide bonds. The standard InChI is InChI=1S/C16H15N7O2/c1-10-19-16(25-21-10)14-9-23(22-20-14)7-6-18-15(24)12-2-3-13-11(8-12)4-5-17-13/h2-5,8-9,17H,6-7H2,1H3,(H,18,24). The van der Waals surface area contributed by atoms with Gasteiger partial charge in [0.1, 0.15) is 0 Å². The van der Waals surface area contributed by atoms with Crippen molar-refractivity contribution in [1.29, 1.82) is 0 Å². The van der Waals surface area contributed by atoms with Crippen molar-refractivity contribution in [1.82, 2.24) is 35.4 Å². The zero-order valence-corrected chi connectivity index (χ0v) is 13.4. The van der Waals surface area contributed by atoms with E-state index < -0.39 is 0 Å². The fraction of sp³-hybridized carbons (Fsp3) is 0.188. The lowest BCUT2D eigenvalue weighted by Gasteiger charge is -2.05. The number of aromatic amines is 1. The van der Waals surface area contributed by atoms with Crippen LogP contribution in [-0.2, 0) is 6.54 Å². The average Bonchev–Trinajstić information content (AvgIpc) is 3.33. The second kappa shape index (κ2) is 6.19. The molecule has 3 heterocycles. The van der Waals surface area contributed by atoms with Crippen LogP contribution < -0.4 is 5.32 Å². The summed E-state index contributed by atoms with van der Waals surface area (Å²) in [4.78, 5) is 19.4. The van der Waals surface area contributed by atoms with Crippen molar-refractivity contribution in [2.45, 2.75) is 13.5 Å². The van der Waals surface area contributed by atoms with Crippen LogP contribution in [0.4, 0.5) is 0 Å². The lowest BCUT2D eigenvalue weighted by Crippen LogP contribution is -2.27. The zero-order valence-electron chi connectivity index (χ0n) is 13.4. The van der Waals surface area contributed by atoms with E-state index in [1.807, 2.05) is 24.4 Å².